The standard InChI is InChI=1S/C51H99NO5/c1-3-5-7-9-11-13-15-17-18-19-20-22-24-29-33-37-41-45-51(56)57-46-42-38-34-30-26-25-28-32-36-40-44-50(55)52-48(47-53)49(54)43-39-35-31-27-23-21-16-14-12-10-8-6-4-2/h17-18,48-49,53-54H,3-16,19-47H2,1-2H3,(H,52,55)/b18-17-. The average Bonchev–Trinajstić information content (AvgIpc) is 3.21. The molecule has 0 bridgehead atoms. The van der Waals surface area contributed by atoms with Crippen LogP contribution in [0.2, 0.25) is 0 Å². The molecular weight excluding hydrogens is 707 g/mol. The molecule has 0 fully saturated rings. The first-order valence-electron chi connectivity index (χ1n) is 25.4. The number of ether oxygens (including phenoxy) is 1. The molecule has 0 aliphatic carbocycles. The van der Waals surface area contributed by atoms with Crippen LogP contribution in [0.5, 0.6) is 0 Å². The van der Waals surface area contributed by atoms with Crippen LogP contribution >= 0.6 is 0 Å². The van der Waals surface area contributed by atoms with Crippen LogP contribution < -0.4 is 5.32 Å². The molecule has 0 aliphatic heterocycles. The number of aliphatic hydroxyl groups is 2. The Hall–Kier alpha value is -1.40. The lowest BCUT2D eigenvalue weighted by Gasteiger charge is -2.22. The van der Waals surface area contributed by atoms with E-state index in [1.54, 1.807) is 0 Å². The molecule has 0 aromatic rings. The Morgan fingerprint density at radius 2 is 0.825 bits per heavy atom. The van der Waals surface area contributed by atoms with Gasteiger partial charge in [-0.3, -0.25) is 9.59 Å². The molecule has 6 nitrogen and oxygen atoms in total. The lowest BCUT2D eigenvalue weighted by Crippen LogP contribution is -2.45. The van der Waals surface area contributed by atoms with Gasteiger partial charge in [-0.2, -0.15) is 0 Å². The second-order valence-corrected chi connectivity index (χ2v) is 17.5. The van der Waals surface area contributed by atoms with Crippen molar-refractivity contribution in [2.45, 2.75) is 289 Å². The summed E-state index contributed by atoms with van der Waals surface area (Å²) in [4.78, 5) is 24.5. The summed E-state index contributed by atoms with van der Waals surface area (Å²) in [5.41, 5.74) is 0. The van der Waals surface area contributed by atoms with E-state index in [1.165, 1.54) is 186 Å². The van der Waals surface area contributed by atoms with Crippen LogP contribution in [-0.2, 0) is 14.3 Å². The maximum Gasteiger partial charge on any atom is 0.305 e. The lowest BCUT2D eigenvalue weighted by atomic mass is 10.0. The summed E-state index contributed by atoms with van der Waals surface area (Å²) in [5, 5.41) is 23.2. The molecule has 0 saturated heterocycles. The molecular formula is C51H99NO5. The molecule has 0 spiro atoms. The second kappa shape index (κ2) is 47.3. The lowest BCUT2D eigenvalue weighted by molar-refractivity contribution is -0.143. The van der Waals surface area contributed by atoms with Crippen molar-refractivity contribution in [3.8, 4) is 0 Å². The van der Waals surface area contributed by atoms with Crippen LogP contribution in [-0.4, -0.2) is 47.4 Å². The average molecular weight is 806 g/mol. The van der Waals surface area contributed by atoms with Crippen molar-refractivity contribution in [3.63, 3.8) is 0 Å². The van der Waals surface area contributed by atoms with Gasteiger partial charge >= 0.3 is 5.97 Å². The molecule has 0 aromatic carbocycles. The predicted octanol–water partition coefficient (Wildman–Crippen LogP) is 15.0. The topological polar surface area (TPSA) is 95.9 Å². The molecule has 0 heterocycles. The summed E-state index contributed by atoms with van der Waals surface area (Å²) < 4.78 is 5.46. The fourth-order valence-corrected chi connectivity index (χ4v) is 7.87. The normalized spacial score (nSPS) is 12.7. The van der Waals surface area contributed by atoms with Gasteiger partial charge in [0, 0.05) is 12.8 Å². The van der Waals surface area contributed by atoms with Gasteiger partial charge in [0.2, 0.25) is 5.91 Å². The van der Waals surface area contributed by atoms with E-state index in [0.29, 0.717) is 25.9 Å². The second-order valence-electron chi connectivity index (χ2n) is 17.5. The van der Waals surface area contributed by atoms with Gasteiger partial charge in [-0.05, 0) is 51.4 Å². The first-order valence-corrected chi connectivity index (χ1v) is 25.4. The molecule has 2 atom stereocenters. The van der Waals surface area contributed by atoms with Crippen molar-refractivity contribution < 1.29 is 24.5 Å². The van der Waals surface area contributed by atoms with Crippen molar-refractivity contribution in [3.05, 3.63) is 12.2 Å². The van der Waals surface area contributed by atoms with Gasteiger partial charge in [0.15, 0.2) is 0 Å². The Labute approximate surface area is 355 Å². The third kappa shape index (κ3) is 44.0. The molecule has 0 aromatic heterocycles. The number of allylic oxidation sites excluding steroid dienone is 2. The molecule has 3 N–H and O–H groups in total. The Morgan fingerprint density at radius 1 is 0.474 bits per heavy atom. The number of esters is 1. The van der Waals surface area contributed by atoms with Crippen LogP contribution in [0, 0.1) is 0 Å². The first kappa shape index (κ1) is 55.6. The molecule has 338 valence electrons. The minimum atomic E-state index is -0.677. The third-order valence-corrected chi connectivity index (χ3v) is 11.8. The Kier molecular flexibility index (Phi) is 46.1. The molecule has 0 saturated carbocycles. The fraction of sp³-hybridized carbons (Fsp3) is 0.922. The van der Waals surface area contributed by atoms with Crippen LogP contribution in [0.25, 0.3) is 0 Å². The van der Waals surface area contributed by atoms with E-state index in [4.69, 9.17) is 4.74 Å². The summed E-state index contributed by atoms with van der Waals surface area (Å²) >= 11 is 0. The molecule has 0 radical (unpaired) electrons. The smallest absolute Gasteiger partial charge is 0.305 e. The molecule has 2 unspecified atom stereocenters. The first-order chi connectivity index (χ1) is 28.0. The van der Waals surface area contributed by atoms with Gasteiger partial charge in [0.25, 0.3) is 0 Å². The number of carbonyl (C=O) groups excluding carboxylic acids is 2. The van der Waals surface area contributed by atoms with Crippen LogP contribution in [0.1, 0.15) is 277 Å². The van der Waals surface area contributed by atoms with Crippen molar-refractivity contribution in [1.29, 1.82) is 0 Å². The summed E-state index contributed by atoms with van der Waals surface area (Å²) in [5.74, 6) is -0.0795. The summed E-state index contributed by atoms with van der Waals surface area (Å²) in [6, 6.07) is -0.557. The van der Waals surface area contributed by atoms with Gasteiger partial charge in [0.1, 0.15) is 0 Å². The zero-order valence-corrected chi connectivity index (χ0v) is 38.3. The highest BCUT2D eigenvalue weighted by Crippen LogP contribution is 2.16. The molecule has 1 amide bonds. The zero-order chi connectivity index (χ0) is 41.5. The number of unbranched alkanes of at least 4 members (excludes halogenated alkanes) is 34. The van der Waals surface area contributed by atoms with E-state index in [2.05, 4.69) is 31.3 Å². The maximum absolute atomic E-state index is 12.4. The number of hydrogen-bond acceptors (Lipinski definition) is 5. The van der Waals surface area contributed by atoms with Gasteiger partial charge in [-0.25, -0.2) is 0 Å². The highest BCUT2D eigenvalue weighted by molar-refractivity contribution is 5.76. The number of aliphatic hydroxyl groups excluding tert-OH is 2. The Morgan fingerprint density at radius 3 is 1.25 bits per heavy atom. The minimum Gasteiger partial charge on any atom is -0.466 e. The number of rotatable bonds is 47. The van der Waals surface area contributed by atoms with Crippen molar-refractivity contribution in [1.82, 2.24) is 5.32 Å². The van der Waals surface area contributed by atoms with Crippen molar-refractivity contribution in [2.75, 3.05) is 13.2 Å². The van der Waals surface area contributed by atoms with E-state index >= 15 is 0 Å². The molecule has 0 aliphatic rings. The van der Waals surface area contributed by atoms with E-state index in [-0.39, 0.29) is 18.5 Å². The summed E-state index contributed by atoms with van der Waals surface area (Å²) in [7, 11) is 0. The number of hydrogen-bond donors (Lipinski definition) is 3. The predicted molar refractivity (Wildman–Crippen MR) is 246 cm³/mol. The number of nitrogens with one attached hydrogen (secondary N) is 1. The van der Waals surface area contributed by atoms with Crippen LogP contribution in [0.15, 0.2) is 12.2 Å². The molecule has 0 rings (SSSR count). The largest absolute Gasteiger partial charge is 0.466 e. The number of carbonyl (C=O) groups is 2. The van der Waals surface area contributed by atoms with E-state index in [0.717, 1.165) is 57.8 Å². The Balaban J connectivity index is 3.46. The monoisotopic (exact) mass is 806 g/mol. The molecule has 6 heteroatoms. The quantitative estimate of drug-likeness (QED) is 0.0323. The van der Waals surface area contributed by atoms with E-state index in [1.807, 2.05) is 0 Å². The van der Waals surface area contributed by atoms with E-state index < -0.39 is 12.1 Å². The van der Waals surface area contributed by atoms with Crippen molar-refractivity contribution >= 4 is 11.9 Å². The highest BCUT2D eigenvalue weighted by atomic mass is 16.5. The van der Waals surface area contributed by atoms with Gasteiger partial charge in [-0.1, -0.05) is 225 Å². The van der Waals surface area contributed by atoms with Gasteiger partial charge in [0.05, 0.1) is 25.4 Å². The fourth-order valence-electron chi connectivity index (χ4n) is 7.87. The minimum absolute atomic E-state index is 0.0220. The third-order valence-electron chi connectivity index (χ3n) is 11.8. The SMILES string of the molecule is CCCCCCCC/C=C\CCCCCCCCCC(=O)OCCCCCCCCCCCCC(=O)NC(CO)C(O)CCCCCCCCCCCCCCC. The van der Waals surface area contributed by atoms with Crippen LogP contribution in [0.3, 0.4) is 0 Å². The maximum atomic E-state index is 12.4. The zero-order valence-electron chi connectivity index (χ0n) is 38.3. The Bertz CT molecular complexity index is 847. The van der Waals surface area contributed by atoms with Gasteiger partial charge < -0.3 is 20.3 Å². The highest BCUT2D eigenvalue weighted by Gasteiger charge is 2.20. The summed E-state index contributed by atoms with van der Waals surface area (Å²) in [6.45, 7) is 4.90. The molecule has 57 heavy (non-hydrogen) atoms. The van der Waals surface area contributed by atoms with Crippen LogP contribution in [0.4, 0.5) is 0 Å². The van der Waals surface area contributed by atoms with Gasteiger partial charge in [-0.15, -0.1) is 0 Å². The number of amides is 1. The van der Waals surface area contributed by atoms with Crippen molar-refractivity contribution in [2.24, 2.45) is 0 Å². The van der Waals surface area contributed by atoms with E-state index in [9.17, 15) is 19.8 Å². The summed E-state index contributed by atoms with van der Waals surface area (Å²) in [6.07, 6.45) is 53.1.